The van der Waals surface area contributed by atoms with Gasteiger partial charge in [-0.2, -0.15) is 0 Å². The number of nitrogens with zero attached hydrogens (tertiary/aromatic N) is 1. The molecule has 0 aliphatic carbocycles. The van der Waals surface area contributed by atoms with E-state index in [2.05, 4.69) is 15.0 Å². The van der Waals surface area contributed by atoms with Gasteiger partial charge in [-0.15, -0.1) is 37.1 Å². The Morgan fingerprint density at radius 1 is 1.35 bits per heavy atom. The zero-order valence-corrected chi connectivity index (χ0v) is 16.5. The summed E-state index contributed by atoms with van der Waals surface area (Å²) in [6, 6.07) is 5.62. The number of nitrogens with one attached hydrogen (secondary N) is 1. The van der Waals surface area contributed by atoms with Crippen molar-refractivity contribution in [3.63, 3.8) is 0 Å². The van der Waals surface area contributed by atoms with Crippen LogP contribution in [0, 0.1) is 0 Å². The number of rotatable bonds is 8. The van der Waals surface area contributed by atoms with Gasteiger partial charge in [0.15, 0.2) is 11.7 Å². The third-order valence-electron chi connectivity index (χ3n) is 3.43. The summed E-state index contributed by atoms with van der Waals surface area (Å²) in [7, 11) is 0. The molecule has 0 bridgehead atoms. The van der Waals surface area contributed by atoms with Crippen LogP contribution >= 0.6 is 24.0 Å². The molecule has 1 heterocycles. The summed E-state index contributed by atoms with van der Waals surface area (Å²) in [6.45, 7) is 2.27. The average Bonchev–Trinajstić information content (AvgIpc) is 3.04. The van der Waals surface area contributed by atoms with E-state index in [0.29, 0.717) is 26.2 Å². The molecule has 6 nitrogen and oxygen atoms in total. The average molecular weight is 489 g/mol. The molecule has 26 heavy (non-hydrogen) atoms. The van der Waals surface area contributed by atoms with Crippen LogP contribution in [0.4, 0.5) is 18.9 Å². The Hall–Kier alpha value is -1.27. The zero-order valence-electron chi connectivity index (χ0n) is 14.1. The van der Waals surface area contributed by atoms with Crippen LogP contribution < -0.4 is 15.8 Å². The first-order chi connectivity index (χ1) is 11.9. The Morgan fingerprint density at radius 3 is 2.81 bits per heavy atom. The summed E-state index contributed by atoms with van der Waals surface area (Å²) in [5.74, 6) is -0.356. The Balaban J connectivity index is 0.00000338. The SMILES string of the molecule is I.NC(=NCCCOCC1CCCO1)Nc1ccccc1OC(F)(F)F. The van der Waals surface area contributed by atoms with Gasteiger partial charge in [0.2, 0.25) is 0 Å². The van der Waals surface area contributed by atoms with Crippen molar-refractivity contribution in [1.29, 1.82) is 0 Å². The van der Waals surface area contributed by atoms with Crippen molar-refractivity contribution in [3.05, 3.63) is 24.3 Å². The number of ether oxygens (including phenoxy) is 3. The number of benzene rings is 1. The number of halogens is 4. The number of aliphatic imine (C=N–C) groups is 1. The van der Waals surface area contributed by atoms with Gasteiger partial charge in [0, 0.05) is 19.8 Å². The van der Waals surface area contributed by atoms with Crippen LogP contribution in [0.25, 0.3) is 0 Å². The van der Waals surface area contributed by atoms with Crippen LogP contribution in [0.3, 0.4) is 0 Å². The van der Waals surface area contributed by atoms with Crippen LogP contribution in [-0.2, 0) is 9.47 Å². The maximum absolute atomic E-state index is 12.4. The number of guanidine groups is 1. The van der Waals surface area contributed by atoms with Gasteiger partial charge >= 0.3 is 6.36 Å². The molecule has 3 N–H and O–H groups in total. The number of hydrogen-bond donors (Lipinski definition) is 2. The third-order valence-corrected chi connectivity index (χ3v) is 3.43. The maximum atomic E-state index is 12.4. The molecule has 1 fully saturated rings. The second kappa shape index (κ2) is 11.4. The number of hydrogen-bond acceptors (Lipinski definition) is 4. The molecule has 1 atom stereocenters. The van der Waals surface area contributed by atoms with Crippen molar-refractivity contribution in [2.45, 2.75) is 31.7 Å². The van der Waals surface area contributed by atoms with Gasteiger partial charge in [0.25, 0.3) is 0 Å². The first-order valence-corrected chi connectivity index (χ1v) is 8.05. The van der Waals surface area contributed by atoms with Gasteiger partial charge < -0.3 is 25.3 Å². The van der Waals surface area contributed by atoms with Crippen LogP contribution in [0.2, 0.25) is 0 Å². The lowest BCUT2D eigenvalue weighted by molar-refractivity contribution is -0.274. The number of nitrogens with two attached hydrogens (primary N) is 1. The molecular formula is C16H23F3IN3O3. The second-order valence-corrected chi connectivity index (χ2v) is 5.50. The first-order valence-electron chi connectivity index (χ1n) is 8.05. The molecular weight excluding hydrogens is 466 g/mol. The second-order valence-electron chi connectivity index (χ2n) is 5.50. The van der Waals surface area contributed by atoms with E-state index in [9.17, 15) is 13.2 Å². The highest BCUT2D eigenvalue weighted by Crippen LogP contribution is 2.29. The normalized spacial score (nSPS) is 17.7. The molecule has 1 aromatic rings. The highest BCUT2D eigenvalue weighted by atomic mass is 127. The molecule has 0 radical (unpaired) electrons. The fraction of sp³-hybridized carbons (Fsp3) is 0.562. The van der Waals surface area contributed by atoms with Crippen molar-refractivity contribution in [2.75, 3.05) is 31.7 Å². The Morgan fingerprint density at radius 2 is 2.12 bits per heavy atom. The highest BCUT2D eigenvalue weighted by Gasteiger charge is 2.32. The van der Waals surface area contributed by atoms with E-state index in [1.807, 2.05) is 0 Å². The first kappa shape index (κ1) is 22.8. The van der Waals surface area contributed by atoms with Gasteiger partial charge in [-0.1, -0.05) is 12.1 Å². The molecule has 0 spiro atoms. The van der Waals surface area contributed by atoms with Gasteiger partial charge in [0.1, 0.15) is 0 Å². The van der Waals surface area contributed by atoms with E-state index in [1.54, 1.807) is 6.07 Å². The minimum Gasteiger partial charge on any atom is -0.404 e. The summed E-state index contributed by atoms with van der Waals surface area (Å²) < 4.78 is 51.9. The molecule has 10 heteroatoms. The Bertz CT molecular complexity index is 567. The summed E-state index contributed by atoms with van der Waals surface area (Å²) >= 11 is 0. The molecule has 2 rings (SSSR count). The van der Waals surface area contributed by atoms with Crippen molar-refractivity contribution in [1.82, 2.24) is 0 Å². The number of para-hydroxylation sites is 2. The van der Waals surface area contributed by atoms with E-state index in [1.165, 1.54) is 18.2 Å². The molecule has 1 aromatic carbocycles. The predicted molar refractivity (Wildman–Crippen MR) is 103 cm³/mol. The smallest absolute Gasteiger partial charge is 0.404 e. The summed E-state index contributed by atoms with van der Waals surface area (Å²) in [5.41, 5.74) is 5.79. The minimum atomic E-state index is -4.77. The summed E-state index contributed by atoms with van der Waals surface area (Å²) in [6.07, 6.45) is -1.85. The third kappa shape index (κ3) is 8.90. The number of alkyl halides is 3. The van der Waals surface area contributed by atoms with Crippen molar-refractivity contribution in [2.24, 2.45) is 10.7 Å². The molecule has 1 aliphatic rings. The maximum Gasteiger partial charge on any atom is 0.573 e. The fourth-order valence-electron chi connectivity index (χ4n) is 2.32. The van der Waals surface area contributed by atoms with Gasteiger partial charge in [-0.3, -0.25) is 4.99 Å². The quantitative estimate of drug-likeness (QED) is 0.253. The van der Waals surface area contributed by atoms with E-state index < -0.39 is 6.36 Å². The van der Waals surface area contributed by atoms with E-state index in [-0.39, 0.29) is 47.5 Å². The number of anilines is 1. The van der Waals surface area contributed by atoms with Crippen LogP contribution in [0.5, 0.6) is 5.75 Å². The fourth-order valence-corrected chi connectivity index (χ4v) is 2.32. The summed E-state index contributed by atoms with van der Waals surface area (Å²) in [5, 5.41) is 2.61. The standard InChI is InChI=1S/C16H22F3N3O3.HI/c17-16(18,19)25-14-7-2-1-6-13(14)22-15(20)21-8-4-9-23-11-12-5-3-10-24-12;/h1-2,6-7,12H,3-5,8-11H2,(H3,20,21,22);1H. The molecule has 148 valence electrons. The van der Waals surface area contributed by atoms with Gasteiger partial charge in [-0.25, -0.2) is 0 Å². The lowest BCUT2D eigenvalue weighted by Crippen LogP contribution is -2.25. The lowest BCUT2D eigenvalue weighted by atomic mass is 10.2. The van der Waals surface area contributed by atoms with E-state index in [4.69, 9.17) is 15.2 Å². The molecule has 0 saturated carbocycles. The highest BCUT2D eigenvalue weighted by molar-refractivity contribution is 14.0. The predicted octanol–water partition coefficient (Wildman–Crippen LogP) is 3.52. The lowest BCUT2D eigenvalue weighted by Gasteiger charge is -2.14. The van der Waals surface area contributed by atoms with Crippen LogP contribution in [0.1, 0.15) is 19.3 Å². The Kier molecular flexibility index (Phi) is 10.0. The topological polar surface area (TPSA) is 78.1 Å². The van der Waals surface area contributed by atoms with E-state index >= 15 is 0 Å². The molecule has 0 amide bonds. The van der Waals surface area contributed by atoms with Gasteiger partial charge in [-0.05, 0) is 31.4 Å². The molecule has 1 saturated heterocycles. The van der Waals surface area contributed by atoms with Crippen molar-refractivity contribution in [3.8, 4) is 5.75 Å². The summed E-state index contributed by atoms with van der Waals surface area (Å²) in [4.78, 5) is 4.06. The van der Waals surface area contributed by atoms with Crippen LogP contribution in [-0.4, -0.2) is 44.8 Å². The Labute approximate surface area is 167 Å². The van der Waals surface area contributed by atoms with Crippen molar-refractivity contribution >= 4 is 35.6 Å². The zero-order chi connectivity index (χ0) is 18.1. The monoisotopic (exact) mass is 489 g/mol. The van der Waals surface area contributed by atoms with Crippen molar-refractivity contribution < 1.29 is 27.4 Å². The van der Waals surface area contributed by atoms with Gasteiger partial charge in [0.05, 0.1) is 18.4 Å². The molecule has 1 aliphatic heterocycles. The van der Waals surface area contributed by atoms with Crippen LogP contribution in [0.15, 0.2) is 29.3 Å². The minimum absolute atomic E-state index is 0. The largest absolute Gasteiger partial charge is 0.573 e. The molecule has 0 aromatic heterocycles. The van der Waals surface area contributed by atoms with E-state index in [0.717, 1.165) is 19.4 Å². The molecule has 1 unspecified atom stereocenters.